The molecule has 0 spiro atoms. The number of amides is 1. The third-order valence-electron chi connectivity index (χ3n) is 5.09. The zero-order valence-electron chi connectivity index (χ0n) is 15.9. The Morgan fingerprint density at radius 3 is 2.78 bits per heavy atom. The number of fused-ring (bicyclic) bond motifs is 1. The van der Waals surface area contributed by atoms with Crippen LogP contribution in [0.2, 0.25) is 0 Å². The molecule has 1 amide bonds. The van der Waals surface area contributed by atoms with Gasteiger partial charge >= 0.3 is 5.97 Å². The number of hydrogen-bond donors (Lipinski definition) is 1. The lowest BCUT2D eigenvalue weighted by molar-refractivity contribution is -0.155. The summed E-state index contributed by atoms with van der Waals surface area (Å²) in [5.41, 5.74) is 0.781. The van der Waals surface area contributed by atoms with Crippen LogP contribution in [0.1, 0.15) is 49.5 Å². The van der Waals surface area contributed by atoms with Crippen molar-refractivity contribution in [2.45, 2.75) is 71.6 Å². The number of esters is 1. The van der Waals surface area contributed by atoms with E-state index in [9.17, 15) is 14.4 Å². The van der Waals surface area contributed by atoms with Gasteiger partial charge in [0.2, 0.25) is 0 Å². The molecule has 1 atom stereocenters. The van der Waals surface area contributed by atoms with E-state index in [1.807, 2.05) is 13.8 Å². The van der Waals surface area contributed by atoms with E-state index >= 15 is 0 Å². The van der Waals surface area contributed by atoms with Crippen molar-refractivity contribution in [3.63, 3.8) is 0 Å². The zero-order chi connectivity index (χ0) is 19.6. The number of thiophene rings is 1. The highest BCUT2D eigenvalue weighted by Gasteiger charge is 2.23. The Morgan fingerprint density at radius 1 is 1.37 bits per heavy atom. The Kier molecular flexibility index (Phi) is 5.94. The number of ether oxygens (including phenoxy) is 1. The van der Waals surface area contributed by atoms with Gasteiger partial charge in [-0.25, -0.2) is 4.98 Å². The van der Waals surface area contributed by atoms with Crippen molar-refractivity contribution >= 4 is 33.4 Å². The number of carbonyl (C=O) groups is 2. The number of rotatable bonds is 6. The normalized spacial score (nSPS) is 15.8. The van der Waals surface area contributed by atoms with E-state index in [-0.39, 0.29) is 30.5 Å². The predicted octanol–water partition coefficient (Wildman–Crippen LogP) is 2.46. The van der Waals surface area contributed by atoms with Crippen LogP contribution in [0.3, 0.4) is 0 Å². The second kappa shape index (κ2) is 8.21. The standard InChI is InChI=1S/C19H25N3O4S/c1-11-13(3)27-18-16(11)19(25)22(10-20-18)9-8-15(23)26-12(2)17(24)21-14-6-4-5-7-14/h10,12,14H,4-9H2,1-3H3,(H,21,24). The summed E-state index contributed by atoms with van der Waals surface area (Å²) in [6, 6.07) is 0.187. The van der Waals surface area contributed by atoms with E-state index in [1.165, 1.54) is 22.2 Å². The summed E-state index contributed by atoms with van der Waals surface area (Å²) in [5.74, 6) is -0.769. The molecule has 1 fully saturated rings. The van der Waals surface area contributed by atoms with Gasteiger partial charge in [0.25, 0.3) is 11.5 Å². The molecule has 8 heteroatoms. The minimum absolute atomic E-state index is 0.0102. The Balaban J connectivity index is 1.56. The molecule has 3 rings (SSSR count). The Bertz CT molecular complexity index is 912. The van der Waals surface area contributed by atoms with Crippen molar-refractivity contribution in [1.82, 2.24) is 14.9 Å². The smallest absolute Gasteiger partial charge is 0.308 e. The van der Waals surface area contributed by atoms with Gasteiger partial charge in [0, 0.05) is 17.5 Å². The monoisotopic (exact) mass is 391 g/mol. The average molecular weight is 391 g/mol. The highest BCUT2D eigenvalue weighted by atomic mass is 32.1. The molecule has 1 aliphatic carbocycles. The third-order valence-corrected chi connectivity index (χ3v) is 6.21. The maximum atomic E-state index is 12.6. The number of aromatic nitrogens is 2. The highest BCUT2D eigenvalue weighted by molar-refractivity contribution is 7.18. The summed E-state index contributed by atoms with van der Waals surface area (Å²) >= 11 is 1.49. The average Bonchev–Trinajstić information content (AvgIpc) is 3.23. The van der Waals surface area contributed by atoms with Gasteiger partial charge in [-0.2, -0.15) is 0 Å². The molecule has 2 aromatic heterocycles. The maximum absolute atomic E-state index is 12.6. The van der Waals surface area contributed by atoms with E-state index in [4.69, 9.17) is 4.74 Å². The van der Waals surface area contributed by atoms with Gasteiger partial charge in [0.1, 0.15) is 4.83 Å². The van der Waals surface area contributed by atoms with Crippen LogP contribution in [-0.4, -0.2) is 33.6 Å². The van der Waals surface area contributed by atoms with Crippen molar-refractivity contribution in [2.24, 2.45) is 0 Å². The molecule has 2 aromatic rings. The SMILES string of the molecule is Cc1sc2ncn(CCC(=O)OC(C)C(=O)NC3CCCC3)c(=O)c2c1C. The van der Waals surface area contributed by atoms with E-state index in [0.29, 0.717) is 10.2 Å². The summed E-state index contributed by atoms with van der Waals surface area (Å²) in [4.78, 5) is 42.9. The largest absolute Gasteiger partial charge is 0.452 e. The Morgan fingerprint density at radius 2 is 2.07 bits per heavy atom. The number of carbonyl (C=O) groups excluding carboxylic acids is 2. The van der Waals surface area contributed by atoms with Crippen LogP contribution in [0.5, 0.6) is 0 Å². The fourth-order valence-electron chi connectivity index (χ4n) is 3.34. The molecule has 27 heavy (non-hydrogen) atoms. The van der Waals surface area contributed by atoms with Crippen molar-refractivity contribution in [2.75, 3.05) is 0 Å². The predicted molar refractivity (Wildman–Crippen MR) is 104 cm³/mol. The molecule has 0 radical (unpaired) electrons. The van der Waals surface area contributed by atoms with Crippen LogP contribution >= 0.6 is 11.3 Å². The molecule has 0 bridgehead atoms. The first-order valence-corrected chi connectivity index (χ1v) is 10.1. The zero-order valence-corrected chi connectivity index (χ0v) is 16.7. The summed E-state index contributed by atoms with van der Waals surface area (Å²) in [6.07, 6.45) is 4.83. The summed E-state index contributed by atoms with van der Waals surface area (Å²) < 4.78 is 6.64. The topological polar surface area (TPSA) is 90.3 Å². The van der Waals surface area contributed by atoms with Crippen LogP contribution in [0.25, 0.3) is 10.2 Å². The van der Waals surface area contributed by atoms with E-state index in [0.717, 1.165) is 36.1 Å². The van der Waals surface area contributed by atoms with E-state index in [2.05, 4.69) is 10.3 Å². The van der Waals surface area contributed by atoms with Crippen LogP contribution in [0, 0.1) is 13.8 Å². The Hall–Kier alpha value is -2.22. The van der Waals surface area contributed by atoms with E-state index in [1.54, 1.807) is 6.92 Å². The number of nitrogens with one attached hydrogen (secondary N) is 1. The fraction of sp³-hybridized carbons (Fsp3) is 0.579. The van der Waals surface area contributed by atoms with E-state index < -0.39 is 12.1 Å². The van der Waals surface area contributed by atoms with Crippen LogP contribution in [0.4, 0.5) is 0 Å². The van der Waals surface area contributed by atoms with Gasteiger partial charge in [-0.3, -0.25) is 19.0 Å². The first-order valence-electron chi connectivity index (χ1n) is 9.32. The van der Waals surface area contributed by atoms with Crippen molar-refractivity contribution < 1.29 is 14.3 Å². The number of aryl methyl sites for hydroxylation is 3. The van der Waals surface area contributed by atoms with Gasteiger partial charge in [-0.15, -0.1) is 11.3 Å². The molecule has 1 saturated carbocycles. The van der Waals surface area contributed by atoms with Crippen molar-refractivity contribution in [3.8, 4) is 0 Å². The number of hydrogen-bond acceptors (Lipinski definition) is 6. The van der Waals surface area contributed by atoms with Gasteiger partial charge < -0.3 is 10.1 Å². The lowest BCUT2D eigenvalue weighted by Crippen LogP contribution is -2.41. The molecule has 1 aliphatic rings. The Labute approximate surface area is 161 Å². The van der Waals surface area contributed by atoms with Crippen LogP contribution in [-0.2, 0) is 20.9 Å². The second-order valence-corrected chi connectivity index (χ2v) is 8.28. The van der Waals surface area contributed by atoms with Gasteiger partial charge in [0.15, 0.2) is 6.10 Å². The molecule has 146 valence electrons. The summed E-state index contributed by atoms with van der Waals surface area (Å²) in [5, 5.41) is 3.52. The molecule has 0 aromatic carbocycles. The molecular formula is C19H25N3O4S. The first kappa shape index (κ1) is 19.5. The van der Waals surface area contributed by atoms with Crippen LogP contribution < -0.4 is 10.9 Å². The number of nitrogens with zero attached hydrogens (tertiary/aromatic N) is 2. The highest BCUT2D eigenvalue weighted by Crippen LogP contribution is 2.25. The second-order valence-electron chi connectivity index (χ2n) is 7.08. The summed E-state index contributed by atoms with van der Waals surface area (Å²) in [7, 11) is 0. The minimum atomic E-state index is -0.836. The summed E-state index contributed by atoms with van der Waals surface area (Å²) in [6.45, 7) is 5.60. The van der Waals surface area contributed by atoms with Crippen molar-refractivity contribution in [3.05, 3.63) is 27.1 Å². The third kappa shape index (κ3) is 4.37. The lowest BCUT2D eigenvalue weighted by atomic mass is 10.2. The molecule has 0 aliphatic heterocycles. The molecule has 1 N–H and O–H groups in total. The molecule has 2 heterocycles. The quantitative estimate of drug-likeness (QED) is 0.764. The minimum Gasteiger partial charge on any atom is -0.452 e. The maximum Gasteiger partial charge on any atom is 0.308 e. The lowest BCUT2D eigenvalue weighted by Gasteiger charge is -2.17. The van der Waals surface area contributed by atoms with Crippen molar-refractivity contribution in [1.29, 1.82) is 0 Å². The molecule has 0 saturated heterocycles. The first-order chi connectivity index (χ1) is 12.9. The molecule has 1 unspecified atom stereocenters. The van der Waals surface area contributed by atoms with Gasteiger partial charge in [0.05, 0.1) is 18.1 Å². The van der Waals surface area contributed by atoms with Crippen LogP contribution in [0.15, 0.2) is 11.1 Å². The van der Waals surface area contributed by atoms with Gasteiger partial charge in [-0.1, -0.05) is 12.8 Å². The molecule has 7 nitrogen and oxygen atoms in total. The molecular weight excluding hydrogens is 366 g/mol. The fourth-order valence-corrected chi connectivity index (χ4v) is 4.33. The van der Waals surface area contributed by atoms with Gasteiger partial charge in [-0.05, 0) is 39.2 Å².